The van der Waals surface area contributed by atoms with Crippen LogP contribution in [-0.2, 0) is 0 Å². The van der Waals surface area contributed by atoms with Gasteiger partial charge in [0.05, 0.1) is 22.1 Å². The molecular weight excluding hydrogens is 715 g/mol. The van der Waals surface area contributed by atoms with Crippen LogP contribution < -0.4 is 15.8 Å². The molecular formula is C54H33BN4. The van der Waals surface area contributed by atoms with E-state index in [9.17, 15) is 0 Å². The second kappa shape index (κ2) is 11.4. The molecule has 5 heteroatoms. The molecule has 14 rings (SSSR count). The molecule has 0 saturated carbocycles. The number of benzene rings is 9. The summed E-state index contributed by atoms with van der Waals surface area (Å²) in [5.74, 6) is 0. The second-order valence-electron chi connectivity index (χ2n) is 16.0. The molecule has 12 aromatic rings. The maximum atomic E-state index is 2.67. The third-order valence-electron chi connectivity index (χ3n) is 13.2. The van der Waals surface area contributed by atoms with Gasteiger partial charge in [0, 0.05) is 77.4 Å². The Balaban J connectivity index is 1.14. The van der Waals surface area contributed by atoms with E-state index in [2.05, 4.69) is 219 Å². The molecule has 0 atom stereocenters. The molecule has 59 heavy (non-hydrogen) atoms. The summed E-state index contributed by atoms with van der Waals surface area (Å²) in [5.41, 5.74) is 18.6. The first-order valence-corrected chi connectivity index (χ1v) is 20.5. The third-order valence-corrected chi connectivity index (χ3v) is 13.2. The van der Waals surface area contributed by atoms with Crippen molar-refractivity contribution in [2.75, 3.05) is 4.90 Å². The van der Waals surface area contributed by atoms with Crippen molar-refractivity contribution in [3.05, 3.63) is 200 Å². The molecule has 4 nitrogen and oxygen atoms in total. The minimum atomic E-state index is -0.0628. The van der Waals surface area contributed by atoms with Crippen LogP contribution in [0, 0.1) is 0 Å². The van der Waals surface area contributed by atoms with Gasteiger partial charge in [0.25, 0.3) is 0 Å². The van der Waals surface area contributed by atoms with Crippen molar-refractivity contribution in [3.63, 3.8) is 0 Å². The number of hydrogen-bond donors (Lipinski definition) is 0. The Labute approximate surface area is 340 Å². The molecule has 0 bridgehead atoms. The molecule has 0 amide bonds. The molecule has 2 aliphatic rings. The summed E-state index contributed by atoms with van der Waals surface area (Å²) >= 11 is 0. The molecule has 0 radical (unpaired) electrons. The minimum Gasteiger partial charge on any atom is -0.375 e. The highest BCUT2D eigenvalue weighted by Gasteiger charge is 2.44. The average molecular weight is 749 g/mol. The number of nitrogens with zero attached hydrogens (tertiary/aromatic N) is 4. The van der Waals surface area contributed by atoms with Gasteiger partial charge in [0.2, 0.25) is 0 Å². The van der Waals surface area contributed by atoms with Crippen LogP contribution in [0.15, 0.2) is 200 Å². The van der Waals surface area contributed by atoms with E-state index in [0.717, 1.165) is 17.1 Å². The van der Waals surface area contributed by atoms with Crippen molar-refractivity contribution in [1.29, 1.82) is 0 Å². The van der Waals surface area contributed by atoms with Gasteiger partial charge in [0.15, 0.2) is 0 Å². The lowest BCUT2D eigenvalue weighted by atomic mass is 9.44. The highest BCUT2D eigenvalue weighted by Crippen LogP contribution is 2.48. The van der Waals surface area contributed by atoms with Gasteiger partial charge in [-0.3, -0.25) is 0 Å². The highest BCUT2D eigenvalue weighted by molar-refractivity contribution is 6.92. The van der Waals surface area contributed by atoms with Crippen molar-refractivity contribution in [3.8, 4) is 22.5 Å². The van der Waals surface area contributed by atoms with E-state index >= 15 is 0 Å². The monoisotopic (exact) mass is 748 g/mol. The van der Waals surface area contributed by atoms with Crippen molar-refractivity contribution >= 4 is 100 Å². The topological polar surface area (TPSA) is 18.0 Å². The van der Waals surface area contributed by atoms with Gasteiger partial charge in [-0.1, -0.05) is 121 Å². The number of anilines is 3. The number of rotatable bonds is 3. The van der Waals surface area contributed by atoms with Crippen LogP contribution >= 0.6 is 0 Å². The molecule has 0 N–H and O–H groups in total. The van der Waals surface area contributed by atoms with Crippen LogP contribution in [0.25, 0.3) is 87.9 Å². The first-order valence-electron chi connectivity index (χ1n) is 20.5. The minimum absolute atomic E-state index is 0.0628. The Morgan fingerprint density at radius 1 is 0.322 bits per heavy atom. The summed E-state index contributed by atoms with van der Waals surface area (Å²) in [6.45, 7) is -0.0628. The van der Waals surface area contributed by atoms with Gasteiger partial charge >= 0.3 is 6.85 Å². The molecule has 2 aliphatic heterocycles. The normalized spacial score (nSPS) is 13.0. The summed E-state index contributed by atoms with van der Waals surface area (Å²) in [5, 5.41) is 7.64. The Hall–Kier alpha value is -7.76. The summed E-state index contributed by atoms with van der Waals surface area (Å²) in [6.07, 6.45) is 0. The molecule has 0 aliphatic carbocycles. The summed E-state index contributed by atoms with van der Waals surface area (Å²) < 4.78 is 7.54. The van der Waals surface area contributed by atoms with Crippen LogP contribution in [-0.4, -0.2) is 20.5 Å². The van der Waals surface area contributed by atoms with Crippen LogP contribution in [0.5, 0.6) is 0 Å². The standard InChI is InChI=1S/C54H33BN4/c1-3-15-34(16-4-1)56-44-25-10-7-20-38(44)43-33-36(29-30-46(43)56)58-49-28-14-22-39-41-24-13-23-40-37-19-8-12-27-47(37)59(54(40)41)55(52(39)49)53-50(58)32-31-48-51(53)42-21-9-11-26-45(42)57(48)35-17-5-2-6-18-35/h1-33H. The smallest absolute Gasteiger partial charge is 0.333 e. The quantitative estimate of drug-likeness (QED) is 0.165. The Bertz CT molecular complexity index is 3740. The largest absolute Gasteiger partial charge is 0.375 e. The lowest BCUT2D eigenvalue weighted by molar-refractivity contribution is 1.18. The van der Waals surface area contributed by atoms with Crippen LogP contribution in [0.3, 0.4) is 0 Å². The molecule has 0 fully saturated rings. The fourth-order valence-corrected chi connectivity index (χ4v) is 11.0. The molecule has 0 saturated heterocycles. The zero-order chi connectivity index (χ0) is 38.3. The Morgan fingerprint density at radius 3 is 1.63 bits per heavy atom. The van der Waals surface area contributed by atoms with E-state index in [4.69, 9.17) is 0 Å². The maximum absolute atomic E-state index is 2.67. The van der Waals surface area contributed by atoms with E-state index in [0.29, 0.717) is 0 Å². The van der Waals surface area contributed by atoms with Crippen molar-refractivity contribution in [1.82, 2.24) is 13.6 Å². The van der Waals surface area contributed by atoms with Crippen LogP contribution in [0.4, 0.5) is 17.1 Å². The lowest BCUT2D eigenvalue weighted by Gasteiger charge is -2.40. The summed E-state index contributed by atoms with van der Waals surface area (Å²) in [7, 11) is 0. The zero-order valence-corrected chi connectivity index (χ0v) is 31.9. The first-order chi connectivity index (χ1) is 29.3. The molecule has 5 heterocycles. The van der Waals surface area contributed by atoms with Gasteiger partial charge in [0.1, 0.15) is 0 Å². The van der Waals surface area contributed by atoms with E-state index < -0.39 is 0 Å². The van der Waals surface area contributed by atoms with Crippen molar-refractivity contribution in [2.24, 2.45) is 0 Å². The number of aromatic nitrogens is 3. The van der Waals surface area contributed by atoms with Crippen molar-refractivity contribution in [2.45, 2.75) is 0 Å². The van der Waals surface area contributed by atoms with Gasteiger partial charge < -0.3 is 18.5 Å². The van der Waals surface area contributed by atoms with E-state index in [1.807, 2.05) is 0 Å². The van der Waals surface area contributed by atoms with E-state index in [1.54, 1.807) is 0 Å². The van der Waals surface area contributed by atoms with E-state index in [-0.39, 0.29) is 6.85 Å². The summed E-state index contributed by atoms with van der Waals surface area (Å²) in [6, 6.07) is 74.1. The number of fused-ring (bicyclic) bond motifs is 14. The Morgan fingerprint density at radius 2 is 0.864 bits per heavy atom. The Kier molecular flexibility index (Phi) is 6.07. The molecule has 9 aromatic carbocycles. The zero-order valence-electron chi connectivity index (χ0n) is 31.9. The first kappa shape index (κ1) is 31.3. The fraction of sp³-hybridized carbons (Fsp3) is 0. The summed E-state index contributed by atoms with van der Waals surface area (Å²) in [4.78, 5) is 2.56. The van der Waals surface area contributed by atoms with Crippen LogP contribution in [0.2, 0.25) is 0 Å². The molecule has 272 valence electrons. The molecule has 3 aromatic heterocycles. The predicted molar refractivity (Wildman–Crippen MR) is 249 cm³/mol. The molecule has 0 unspecified atom stereocenters. The highest BCUT2D eigenvalue weighted by atomic mass is 15.2. The second-order valence-corrected chi connectivity index (χ2v) is 16.0. The average Bonchev–Trinajstić information content (AvgIpc) is 3.94. The maximum Gasteiger partial charge on any atom is 0.333 e. The van der Waals surface area contributed by atoms with E-state index in [1.165, 1.54) is 98.8 Å². The number of para-hydroxylation sites is 6. The molecule has 0 spiro atoms. The predicted octanol–water partition coefficient (Wildman–Crippen LogP) is 12.4. The fourth-order valence-electron chi connectivity index (χ4n) is 11.0. The van der Waals surface area contributed by atoms with Gasteiger partial charge in [-0.05, 0) is 95.4 Å². The van der Waals surface area contributed by atoms with Gasteiger partial charge in [-0.2, -0.15) is 0 Å². The van der Waals surface area contributed by atoms with Gasteiger partial charge in [-0.25, -0.2) is 0 Å². The number of hydrogen-bond acceptors (Lipinski definition) is 1. The van der Waals surface area contributed by atoms with Crippen molar-refractivity contribution < 1.29 is 0 Å². The lowest BCUT2D eigenvalue weighted by Crippen LogP contribution is -2.56. The van der Waals surface area contributed by atoms with Gasteiger partial charge in [-0.15, -0.1) is 0 Å². The SMILES string of the molecule is c1ccc(-n2c3ccccc3c3cc(N4c5cccc6c5B(c5c4ccc4c5c5ccccc5n4-c4ccccc4)n4c5ccccc5c5cccc-6c54)ccc32)cc1. The third kappa shape index (κ3) is 3.99. The van der Waals surface area contributed by atoms with Crippen LogP contribution in [0.1, 0.15) is 0 Å².